The number of rotatable bonds is 2. The van der Waals surface area contributed by atoms with Gasteiger partial charge in [-0.25, -0.2) is 4.39 Å². The summed E-state index contributed by atoms with van der Waals surface area (Å²) in [5.41, 5.74) is 0.700. The van der Waals surface area contributed by atoms with Crippen molar-refractivity contribution in [2.75, 3.05) is 7.11 Å². The Kier molecular flexibility index (Phi) is 3.10. The van der Waals surface area contributed by atoms with Crippen LogP contribution in [0, 0.1) is 5.82 Å². The molecule has 0 atom stereocenters. The summed E-state index contributed by atoms with van der Waals surface area (Å²) < 4.78 is 19.7. The van der Waals surface area contributed by atoms with Crippen molar-refractivity contribution in [1.82, 2.24) is 0 Å². The highest BCUT2D eigenvalue weighted by atomic mass is 79.9. The maximum Gasteiger partial charge on any atom is 0.131 e. The van der Waals surface area contributed by atoms with Crippen molar-refractivity contribution >= 4 is 15.9 Å². The molecular formula is C12H12BrFO. The molecule has 0 saturated carbocycles. The molecule has 0 spiro atoms. The smallest absolute Gasteiger partial charge is 0.131 e. The summed E-state index contributed by atoms with van der Waals surface area (Å²) in [4.78, 5) is 0. The Bertz CT molecular complexity index is 393. The lowest BCUT2D eigenvalue weighted by atomic mass is 9.95. The first-order chi connectivity index (χ1) is 7.22. The van der Waals surface area contributed by atoms with Crippen molar-refractivity contribution < 1.29 is 9.13 Å². The number of benzene rings is 1. The Hall–Kier alpha value is -0.830. The van der Waals surface area contributed by atoms with Crippen LogP contribution in [0.5, 0.6) is 5.75 Å². The van der Waals surface area contributed by atoms with Gasteiger partial charge in [-0.05, 0) is 30.9 Å². The van der Waals surface area contributed by atoms with Gasteiger partial charge < -0.3 is 4.74 Å². The van der Waals surface area contributed by atoms with Gasteiger partial charge in [0, 0.05) is 10.0 Å². The fourth-order valence-corrected chi connectivity index (χ4v) is 2.39. The lowest BCUT2D eigenvalue weighted by Gasteiger charge is -2.15. The zero-order chi connectivity index (χ0) is 10.8. The standard InChI is InChI=1S/C12H12BrFO/c1-15-11-7-9(13)6-10(14)12(11)8-4-2-3-5-8/h2-3,6-8H,4-5H2,1H3. The molecule has 0 aromatic heterocycles. The van der Waals surface area contributed by atoms with Crippen molar-refractivity contribution in [1.29, 1.82) is 0 Å². The highest BCUT2D eigenvalue weighted by molar-refractivity contribution is 9.10. The highest BCUT2D eigenvalue weighted by Gasteiger charge is 2.21. The second-order valence-corrected chi connectivity index (χ2v) is 4.56. The first-order valence-electron chi connectivity index (χ1n) is 4.90. The molecule has 1 aliphatic carbocycles. The average molecular weight is 271 g/mol. The quantitative estimate of drug-likeness (QED) is 0.738. The van der Waals surface area contributed by atoms with E-state index in [-0.39, 0.29) is 11.7 Å². The fourth-order valence-electron chi connectivity index (χ4n) is 1.98. The number of hydrogen-bond acceptors (Lipinski definition) is 1. The van der Waals surface area contributed by atoms with E-state index in [1.807, 2.05) is 6.07 Å². The number of hydrogen-bond donors (Lipinski definition) is 0. The summed E-state index contributed by atoms with van der Waals surface area (Å²) in [6.45, 7) is 0. The molecule has 3 heteroatoms. The zero-order valence-electron chi connectivity index (χ0n) is 8.47. The van der Waals surface area contributed by atoms with Crippen LogP contribution in [0.3, 0.4) is 0 Å². The molecule has 0 unspecified atom stereocenters. The van der Waals surface area contributed by atoms with Gasteiger partial charge in [0.05, 0.1) is 7.11 Å². The first kappa shape index (κ1) is 10.7. The van der Waals surface area contributed by atoms with Gasteiger partial charge in [0.25, 0.3) is 0 Å². The van der Waals surface area contributed by atoms with E-state index in [1.54, 1.807) is 7.11 Å². The van der Waals surface area contributed by atoms with Crippen molar-refractivity contribution in [2.24, 2.45) is 0 Å². The fraction of sp³-hybridized carbons (Fsp3) is 0.333. The van der Waals surface area contributed by atoms with Gasteiger partial charge in [0.2, 0.25) is 0 Å². The molecule has 15 heavy (non-hydrogen) atoms. The molecule has 0 amide bonds. The second kappa shape index (κ2) is 4.35. The summed E-state index contributed by atoms with van der Waals surface area (Å²) in [7, 11) is 1.58. The van der Waals surface area contributed by atoms with Gasteiger partial charge in [-0.1, -0.05) is 28.1 Å². The molecule has 80 valence electrons. The van der Waals surface area contributed by atoms with Crippen molar-refractivity contribution in [3.63, 3.8) is 0 Å². The second-order valence-electron chi connectivity index (χ2n) is 3.64. The summed E-state index contributed by atoms with van der Waals surface area (Å²) in [6, 6.07) is 3.31. The van der Waals surface area contributed by atoms with Crippen molar-refractivity contribution in [2.45, 2.75) is 18.8 Å². The minimum absolute atomic E-state index is 0.185. The average Bonchev–Trinajstić information content (AvgIpc) is 2.69. The normalized spacial score (nSPS) is 15.9. The molecule has 1 nitrogen and oxygen atoms in total. The van der Waals surface area contributed by atoms with Crippen LogP contribution in [0.1, 0.15) is 24.3 Å². The topological polar surface area (TPSA) is 9.23 Å². The molecule has 0 saturated heterocycles. The van der Waals surface area contributed by atoms with E-state index in [0.717, 1.165) is 12.8 Å². The van der Waals surface area contributed by atoms with E-state index in [9.17, 15) is 4.39 Å². The van der Waals surface area contributed by atoms with Gasteiger partial charge in [-0.2, -0.15) is 0 Å². The Morgan fingerprint density at radius 2 is 2.00 bits per heavy atom. The molecule has 0 radical (unpaired) electrons. The van der Waals surface area contributed by atoms with Gasteiger partial charge >= 0.3 is 0 Å². The molecule has 0 N–H and O–H groups in total. The van der Waals surface area contributed by atoms with E-state index < -0.39 is 0 Å². The van der Waals surface area contributed by atoms with Crippen LogP contribution >= 0.6 is 15.9 Å². The third kappa shape index (κ3) is 2.07. The molecule has 1 aliphatic rings. The minimum Gasteiger partial charge on any atom is -0.496 e. The Balaban J connectivity index is 2.43. The van der Waals surface area contributed by atoms with Crippen LogP contribution < -0.4 is 4.74 Å². The number of halogens is 2. The number of methoxy groups -OCH3 is 1. The molecule has 1 aromatic rings. The Morgan fingerprint density at radius 1 is 1.33 bits per heavy atom. The number of ether oxygens (including phenoxy) is 1. The van der Waals surface area contributed by atoms with E-state index in [0.29, 0.717) is 15.8 Å². The van der Waals surface area contributed by atoms with E-state index in [1.165, 1.54) is 6.07 Å². The largest absolute Gasteiger partial charge is 0.496 e. The molecule has 0 aliphatic heterocycles. The highest BCUT2D eigenvalue weighted by Crippen LogP contribution is 2.38. The van der Waals surface area contributed by atoms with Crippen LogP contribution in [0.25, 0.3) is 0 Å². The first-order valence-corrected chi connectivity index (χ1v) is 5.69. The molecule has 1 aromatic carbocycles. The molecule has 2 rings (SSSR count). The maximum atomic E-state index is 13.8. The number of allylic oxidation sites excluding steroid dienone is 2. The van der Waals surface area contributed by atoms with Crippen LogP contribution in [0.2, 0.25) is 0 Å². The minimum atomic E-state index is -0.185. The summed E-state index contributed by atoms with van der Waals surface area (Å²) in [5, 5.41) is 0. The molecular weight excluding hydrogens is 259 g/mol. The van der Waals surface area contributed by atoms with E-state index >= 15 is 0 Å². The third-order valence-corrected chi connectivity index (χ3v) is 3.15. The van der Waals surface area contributed by atoms with Crippen molar-refractivity contribution in [3.8, 4) is 5.75 Å². The lowest BCUT2D eigenvalue weighted by Crippen LogP contribution is -2.01. The summed E-state index contributed by atoms with van der Waals surface area (Å²) in [6.07, 6.45) is 5.97. The predicted molar refractivity (Wildman–Crippen MR) is 61.8 cm³/mol. The molecule has 0 bridgehead atoms. The van der Waals surface area contributed by atoms with E-state index in [4.69, 9.17) is 4.74 Å². The van der Waals surface area contributed by atoms with E-state index in [2.05, 4.69) is 28.1 Å². The van der Waals surface area contributed by atoms with Gasteiger partial charge in [-0.3, -0.25) is 0 Å². The van der Waals surface area contributed by atoms with Gasteiger partial charge in [0.1, 0.15) is 11.6 Å². The van der Waals surface area contributed by atoms with Crippen LogP contribution in [0.4, 0.5) is 4.39 Å². The summed E-state index contributed by atoms with van der Waals surface area (Å²) in [5.74, 6) is 0.679. The van der Waals surface area contributed by atoms with Crippen LogP contribution in [-0.2, 0) is 0 Å². The van der Waals surface area contributed by atoms with Crippen LogP contribution in [-0.4, -0.2) is 7.11 Å². The Morgan fingerprint density at radius 3 is 2.60 bits per heavy atom. The van der Waals surface area contributed by atoms with Crippen molar-refractivity contribution in [3.05, 3.63) is 40.1 Å². The predicted octanol–water partition coefficient (Wildman–Crippen LogP) is 4.03. The van der Waals surface area contributed by atoms with Gasteiger partial charge in [0.15, 0.2) is 0 Å². The molecule has 0 heterocycles. The zero-order valence-corrected chi connectivity index (χ0v) is 10.1. The SMILES string of the molecule is COc1cc(Br)cc(F)c1C1CC=CC1. The Labute approximate surface area is 97.1 Å². The van der Waals surface area contributed by atoms with Crippen LogP contribution in [0.15, 0.2) is 28.8 Å². The van der Waals surface area contributed by atoms with Gasteiger partial charge in [-0.15, -0.1) is 0 Å². The summed E-state index contributed by atoms with van der Waals surface area (Å²) >= 11 is 3.26. The monoisotopic (exact) mass is 270 g/mol. The third-order valence-electron chi connectivity index (χ3n) is 2.69. The molecule has 0 fully saturated rings. The lowest BCUT2D eigenvalue weighted by molar-refractivity contribution is 0.399. The maximum absolute atomic E-state index is 13.8.